The Morgan fingerprint density at radius 2 is 1.61 bits per heavy atom. The molecule has 0 radical (unpaired) electrons. The van der Waals surface area contributed by atoms with Crippen molar-refractivity contribution in [3.05, 3.63) is 34.6 Å². The van der Waals surface area contributed by atoms with Crippen molar-refractivity contribution in [1.29, 1.82) is 0 Å². The summed E-state index contributed by atoms with van der Waals surface area (Å²) in [5, 5.41) is 7.62. The second-order valence-corrected chi connectivity index (χ2v) is 10.4. The van der Waals surface area contributed by atoms with E-state index in [-0.39, 0.29) is 6.61 Å². The molecule has 0 saturated carbocycles. The summed E-state index contributed by atoms with van der Waals surface area (Å²) in [6, 6.07) is 6.77. The summed E-state index contributed by atoms with van der Waals surface area (Å²) in [6.07, 6.45) is -1.75. The van der Waals surface area contributed by atoms with Gasteiger partial charge in [-0.15, -0.1) is 5.10 Å². The molecule has 1 N–H and O–H groups in total. The van der Waals surface area contributed by atoms with Crippen LogP contribution in [0.15, 0.2) is 24.3 Å². The van der Waals surface area contributed by atoms with Crippen LogP contribution in [-0.2, 0) is 44.7 Å². The van der Waals surface area contributed by atoms with Crippen LogP contribution in [0.5, 0.6) is 0 Å². The molecule has 1 saturated heterocycles. The molecule has 1 aromatic carbocycles. The molecule has 2 heterocycles. The van der Waals surface area contributed by atoms with Gasteiger partial charge in [-0.3, -0.25) is 23.7 Å². The van der Waals surface area contributed by atoms with E-state index in [0.29, 0.717) is 17.1 Å². The highest BCUT2D eigenvalue weighted by molar-refractivity contribution is 7.71. The van der Waals surface area contributed by atoms with Crippen LogP contribution in [0.3, 0.4) is 0 Å². The predicted octanol–water partition coefficient (Wildman–Crippen LogP) is 3.41. The molecular formula is C28H38N4O8S. The molecule has 13 heteroatoms. The largest absolute Gasteiger partial charge is 0.463 e. The number of aromatic nitrogens is 3. The number of carbonyl (C=O) groups excluding carboxylic acids is 4. The summed E-state index contributed by atoms with van der Waals surface area (Å²) >= 11 is 5.90. The van der Waals surface area contributed by atoms with Gasteiger partial charge in [0.05, 0.1) is 0 Å². The fourth-order valence-electron chi connectivity index (χ4n) is 4.73. The molecule has 0 unspecified atom stereocenters. The maximum Gasteiger partial charge on any atom is 0.303 e. The molecule has 1 aromatic heterocycles. The Morgan fingerprint density at radius 3 is 2.17 bits per heavy atom. The van der Waals surface area contributed by atoms with Crippen molar-refractivity contribution in [3.8, 4) is 11.4 Å². The highest BCUT2D eigenvalue weighted by atomic mass is 32.1. The average molecular weight is 591 g/mol. The first-order chi connectivity index (χ1) is 19.4. The van der Waals surface area contributed by atoms with E-state index < -0.39 is 54.4 Å². The van der Waals surface area contributed by atoms with E-state index in [1.165, 1.54) is 32.4 Å². The Labute approximate surface area is 244 Å². The number of nitrogens with one attached hydrogen (secondary N) is 1. The van der Waals surface area contributed by atoms with Gasteiger partial charge in [0.25, 0.3) is 0 Å². The number of rotatable bonds is 11. The molecule has 0 bridgehead atoms. The first kappa shape index (κ1) is 31.9. The Bertz CT molecular complexity index is 1310. The van der Waals surface area contributed by atoms with Crippen LogP contribution in [0.2, 0.25) is 0 Å². The molecule has 1 amide bonds. The van der Waals surface area contributed by atoms with Gasteiger partial charge in [-0.1, -0.05) is 49.6 Å². The van der Waals surface area contributed by atoms with Crippen LogP contribution in [0.4, 0.5) is 0 Å². The summed E-state index contributed by atoms with van der Waals surface area (Å²) in [5.41, 5.74) is 1.91. The molecule has 12 nitrogen and oxygen atoms in total. The van der Waals surface area contributed by atoms with Gasteiger partial charge in [0.15, 0.2) is 24.3 Å². The number of benzene rings is 1. The molecule has 2 aromatic rings. The summed E-state index contributed by atoms with van der Waals surface area (Å²) in [6.45, 7) is 9.29. The maximum absolute atomic E-state index is 12.4. The number of hydrogen-bond donors (Lipinski definition) is 1. The van der Waals surface area contributed by atoms with Gasteiger partial charge in [-0.2, -0.15) is 0 Å². The van der Waals surface area contributed by atoms with Crippen LogP contribution >= 0.6 is 12.2 Å². The van der Waals surface area contributed by atoms with Crippen molar-refractivity contribution in [2.75, 3.05) is 6.61 Å². The molecule has 0 aliphatic carbocycles. The third-order valence-corrected chi connectivity index (χ3v) is 6.92. The summed E-state index contributed by atoms with van der Waals surface area (Å²) in [4.78, 5) is 48.4. The van der Waals surface area contributed by atoms with Gasteiger partial charge >= 0.3 is 17.9 Å². The fourth-order valence-corrected chi connectivity index (χ4v) is 5.06. The third kappa shape index (κ3) is 8.23. The van der Waals surface area contributed by atoms with Gasteiger partial charge < -0.3 is 24.3 Å². The normalized spacial score (nSPS) is 22.0. The first-order valence-electron chi connectivity index (χ1n) is 13.6. The molecule has 5 atom stereocenters. The van der Waals surface area contributed by atoms with Crippen LogP contribution in [0.25, 0.3) is 11.4 Å². The SMILES string of the molecule is CCCCCn1c(-c2ccc(C)cc2)nn([C@@H]2O[C@H](COC(C)=O)[C@@H](OC(C)=O)[C@H](OC(C)=O)[C@H]2NC(C)=O)c1=S. The zero-order valence-electron chi connectivity index (χ0n) is 24.2. The lowest BCUT2D eigenvalue weighted by molar-refractivity contribution is -0.239. The Balaban J connectivity index is 2.20. The van der Waals surface area contributed by atoms with Crippen molar-refractivity contribution >= 4 is 36.0 Å². The highest BCUT2D eigenvalue weighted by Gasteiger charge is 2.52. The monoisotopic (exact) mass is 590 g/mol. The van der Waals surface area contributed by atoms with Crippen molar-refractivity contribution in [2.45, 2.75) is 97.9 Å². The Hall–Kier alpha value is -3.58. The lowest BCUT2D eigenvalue weighted by atomic mass is 9.95. The van der Waals surface area contributed by atoms with Gasteiger partial charge in [0.2, 0.25) is 10.7 Å². The van der Waals surface area contributed by atoms with E-state index in [4.69, 9.17) is 36.3 Å². The molecule has 1 fully saturated rings. The third-order valence-electron chi connectivity index (χ3n) is 6.51. The minimum atomic E-state index is -1.21. The van der Waals surface area contributed by atoms with Crippen molar-refractivity contribution in [3.63, 3.8) is 0 Å². The van der Waals surface area contributed by atoms with E-state index in [1.807, 2.05) is 35.8 Å². The van der Waals surface area contributed by atoms with Crippen LogP contribution < -0.4 is 5.32 Å². The quantitative estimate of drug-likeness (QED) is 0.179. The molecule has 1 aliphatic heterocycles. The second kappa shape index (κ2) is 14.4. The molecular weight excluding hydrogens is 552 g/mol. The number of esters is 3. The molecule has 224 valence electrons. The van der Waals surface area contributed by atoms with Gasteiger partial charge in [-0.05, 0) is 25.6 Å². The number of unbranched alkanes of at least 4 members (excludes halogenated alkanes) is 2. The summed E-state index contributed by atoms with van der Waals surface area (Å²) in [5.74, 6) is -1.80. The Kier molecular flexibility index (Phi) is 11.2. The van der Waals surface area contributed by atoms with E-state index in [1.54, 1.807) is 0 Å². The smallest absolute Gasteiger partial charge is 0.303 e. The van der Waals surface area contributed by atoms with Gasteiger partial charge in [-0.25, -0.2) is 4.68 Å². The first-order valence-corrected chi connectivity index (χ1v) is 14.0. The van der Waals surface area contributed by atoms with E-state index in [9.17, 15) is 19.2 Å². The highest BCUT2D eigenvalue weighted by Crippen LogP contribution is 2.34. The van der Waals surface area contributed by atoms with Crippen molar-refractivity contribution in [2.24, 2.45) is 0 Å². The molecule has 0 spiro atoms. The standard InChI is InChI=1S/C28H38N4O8S/c1-7-8-9-14-31-26(21-12-10-16(2)11-13-21)30-32(28(31)41)27-23(29-17(3)33)25(39-20(6)36)24(38-19(5)35)22(40-27)15-37-18(4)34/h10-13,22-25,27H,7-9,14-15H2,1-6H3,(H,29,33)/t22-,23-,24-,25-,27-/m1/s1. The summed E-state index contributed by atoms with van der Waals surface area (Å²) < 4.78 is 26.4. The van der Waals surface area contributed by atoms with E-state index in [2.05, 4.69) is 12.2 Å². The second-order valence-electron chi connectivity index (χ2n) is 10.0. The number of hydrogen-bond acceptors (Lipinski definition) is 10. The number of nitrogens with zero attached hydrogens (tertiary/aromatic N) is 3. The van der Waals surface area contributed by atoms with Crippen LogP contribution in [0.1, 0.15) is 65.7 Å². The number of carbonyl (C=O) groups is 4. The fraction of sp³-hybridized carbons (Fsp3) is 0.571. The number of amides is 1. The lowest BCUT2D eigenvalue weighted by Crippen LogP contribution is -2.64. The molecule has 1 aliphatic rings. The number of aryl methyl sites for hydroxylation is 1. The number of ether oxygens (including phenoxy) is 4. The van der Waals surface area contributed by atoms with Gasteiger partial charge in [0, 0.05) is 39.8 Å². The average Bonchev–Trinajstić information content (AvgIpc) is 3.21. The van der Waals surface area contributed by atoms with E-state index in [0.717, 1.165) is 30.4 Å². The van der Waals surface area contributed by atoms with Crippen LogP contribution in [-0.4, -0.2) is 69.1 Å². The summed E-state index contributed by atoms with van der Waals surface area (Å²) in [7, 11) is 0. The minimum absolute atomic E-state index is 0.316. The zero-order chi connectivity index (χ0) is 30.3. The topological polar surface area (TPSA) is 140 Å². The van der Waals surface area contributed by atoms with Crippen molar-refractivity contribution in [1.82, 2.24) is 19.7 Å². The predicted molar refractivity (Wildman–Crippen MR) is 150 cm³/mol. The maximum atomic E-state index is 12.4. The van der Waals surface area contributed by atoms with Gasteiger partial charge in [0.1, 0.15) is 18.8 Å². The molecule has 3 rings (SSSR count). The zero-order valence-corrected chi connectivity index (χ0v) is 25.1. The lowest BCUT2D eigenvalue weighted by Gasteiger charge is -2.45. The van der Waals surface area contributed by atoms with Crippen LogP contribution in [0, 0.1) is 11.7 Å². The van der Waals surface area contributed by atoms with E-state index >= 15 is 0 Å². The minimum Gasteiger partial charge on any atom is -0.463 e. The Morgan fingerprint density at radius 1 is 0.976 bits per heavy atom. The van der Waals surface area contributed by atoms with Crippen molar-refractivity contribution < 1.29 is 38.1 Å². The molecule has 41 heavy (non-hydrogen) atoms.